The summed E-state index contributed by atoms with van der Waals surface area (Å²) in [5, 5.41) is 14.0. The first kappa shape index (κ1) is 12.4. The van der Waals surface area contributed by atoms with Crippen molar-refractivity contribution in [2.45, 2.75) is 44.2 Å². The molecule has 0 saturated heterocycles. The molecule has 2 N–H and O–H groups in total. The van der Waals surface area contributed by atoms with Crippen LogP contribution in [0.5, 0.6) is 0 Å². The molecular weight excluding hydrogens is 248 g/mol. The first-order valence-electron chi connectivity index (χ1n) is 7.85. The average molecular weight is 270 g/mol. The molecule has 1 heterocycles. The molecule has 4 bridgehead atoms. The van der Waals surface area contributed by atoms with Crippen LogP contribution in [-0.4, -0.2) is 15.3 Å². The minimum Gasteiger partial charge on any atom is -0.312 e. The highest BCUT2D eigenvalue weighted by atomic mass is 15.3. The molecule has 0 radical (unpaired) electrons. The first-order chi connectivity index (χ1) is 9.68. The van der Waals surface area contributed by atoms with Crippen LogP contribution in [0, 0.1) is 40.9 Å². The van der Waals surface area contributed by atoms with Crippen molar-refractivity contribution in [3.63, 3.8) is 0 Å². The third-order valence-corrected chi connectivity index (χ3v) is 6.01. The van der Waals surface area contributed by atoms with E-state index in [4.69, 9.17) is 5.73 Å². The van der Waals surface area contributed by atoms with Gasteiger partial charge in [-0.15, -0.1) is 0 Å². The molecule has 1 aromatic rings. The number of hydrogen-bond acceptors (Lipinski definition) is 3. The van der Waals surface area contributed by atoms with Gasteiger partial charge >= 0.3 is 0 Å². The van der Waals surface area contributed by atoms with Gasteiger partial charge in [-0.25, -0.2) is 0 Å². The van der Waals surface area contributed by atoms with E-state index in [-0.39, 0.29) is 0 Å². The lowest BCUT2D eigenvalue weighted by Gasteiger charge is -2.57. The third kappa shape index (κ3) is 1.80. The van der Waals surface area contributed by atoms with Crippen LogP contribution in [0.15, 0.2) is 18.5 Å². The van der Waals surface area contributed by atoms with Crippen LogP contribution >= 0.6 is 0 Å². The monoisotopic (exact) mass is 270 g/mol. The Morgan fingerprint density at radius 3 is 2.35 bits per heavy atom. The molecule has 5 rings (SSSR count). The fourth-order valence-corrected chi connectivity index (χ4v) is 5.64. The average Bonchev–Trinajstić information content (AvgIpc) is 2.90. The smallest absolute Gasteiger partial charge is 0.127 e. The fraction of sp³-hybridized carbons (Fsp3) is 0.750. The van der Waals surface area contributed by atoms with Gasteiger partial charge in [-0.2, -0.15) is 10.4 Å². The molecule has 0 aromatic carbocycles. The molecular formula is C16H22N4. The first-order valence-corrected chi connectivity index (χ1v) is 7.85. The summed E-state index contributed by atoms with van der Waals surface area (Å²) >= 11 is 0. The lowest BCUT2D eigenvalue weighted by atomic mass is 9.48. The van der Waals surface area contributed by atoms with E-state index in [2.05, 4.69) is 11.2 Å². The van der Waals surface area contributed by atoms with Crippen LogP contribution in [0.25, 0.3) is 0 Å². The molecule has 0 amide bonds. The SMILES string of the molecule is N#CC(N)(Cn1cccn1)C1C2CC3CC(C2)CC1C3. The maximum atomic E-state index is 9.75. The molecule has 0 aliphatic heterocycles. The van der Waals surface area contributed by atoms with Gasteiger partial charge in [-0.05, 0) is 67.8 Å². The van der Waals surface area contributed by atoms with E-state index in [0.717, 1.165) is 11.8 Å². The molecule has 4 nitrogen and oxygen atoms in total. The standard InChI is InChI=1S/C16H22N4/c17-9-16(18,10-20-3-1-2-19-20)15-13-5-11-4-12(7-13)8-14(15)6-11/h1-3,11-15H,4-8,10,18H2. The van der Waals surface area contributed by atoms with E-state index < -0.39 is 5.54 Å². The minimum absolute atomic E-state index is 0.365. The summed E-state index contributed by atoms with van der Waals surface area (Å²) in [5.74, 6) is 3.55. The zero-order valence-corrected chi connectivity index (χ0v) is 11.8. The van der Waals surface area contributed by atoms with Crippen LogP contribution < -0.4 is 5.73 Å². The van der Waals surface area contributed by atoms with Gasteiger partial charge in [-0.1, -0.05) is 0 Å². The second-order valence-electron chi connectivity index (χ2n) is 7.31. The Bertz CT molecular complexity index is 501. The summed E-state index contributed by atoms with van der Waals surface area (Å²) < 4.78 is 1.83. The highest BCUT2D eigenvalue weighted by Crippen LogP contribution is 2.58. The zero-order valence-electron chi connectivity index (χ0n) is 11.8. The van der Waals surface area contributed by atoms with Crippen molar-refractivity contribution >= 4 is 0 Å². The Kier molecular flexibility index (Phi) is 2.68. The summed E-state index contributed by atoms with van der Waals surface area (Å²) in [6, 6.07) is 4.36. The molecule has 1 atom stereocenters. The Labute approximate surface area is 119 Å². The Hall–Kier alpha value is -1.34. The molecule has 1 aromatic heterocycles. The number of nitriles is 1. The fourth-order valence-electron chi connectivity index (χ4n) is 5.64. The Morgan fingerprint density at radius 2 is 1.85 bits per heavy atom. The van der Waals surface area contributed by atoms with Crippen LogP contribution in [0.1, 0.15) is 32.1 Å². The largest absolute Gasteiger partial charge is 0.312 e. The summed E-state index contributed by atoms with van der Waals surface area (Å²) in [6.07, 6.45) is 10.3. The quantitative estimate of drug-likeness (QED) is 0.915. The van der Waals surface area contributed by atoms with E-state index in [0.29, 0.717) is 24.3 Å². The molecule has 0 spiro atoms. The molecule has 20 heavy (non-hydrogen) atoms. The van der Waals surface area contributed by atoms with Crippen LogP contribution in [0.3, 0.4) is 0 Å². The van der Waals surface area contributed by atoms with Crippen LogP contribution in [0.2, 0.25) is 0 Å². The van der Waals surface area contributed by atoms with E-state index in [1.165, 1.54) is 32.1 Å². The lowest BCUT2D eigenvalue weighted by Crippen LogP contribution is -2.60. The second-order valence-corrected chi connectivity index (χ2v) is 7.31. The van der Waals surface area contributed by atoms with Crippen molar-refractivity contribution in [3.8, 4) is 6.07 Å². The van der Waals surface area contributed by atoms with Gasteiger partial charge in [0.15, 0.2) is 0 Å². The number of nitrogens with two attached hydrogens (primary N) is 1. The maximum absolute atomic E-state index is 9.75. The van der Waals surface area contributed by atoms with Crippen molar-refractivity contribution in [3.05, 3.63) is 18.5 Å². The van der Waals surface area contributed by atoms with E-state index in [9.17, 15) is 5.26 Å². The van der Waals surface area contributed by atoms with Gasteiger partial charge in [0.1, 0.15) is 5.54 Å². The van der Waals surface area contributed by atoms with Gasteiger partial charge in [-0.3, -0.25) is 4.68 Å². The number of rotatable bonds is 3. The van der Waals surface area contributed by atoms with E-state index in [1.807, 2.05) is 16.9 Å². The molecule has 4 fully saturated rings. The Balaban J connectivity index is 1.63. The molecule has 1 unspecified atom stereocenters. The lowest BCUT2D eigenvalue weighted by molar-refractivity contribution is -0.0619. The van der Waals surface area contributed by atoms with Crippen LogP contribution in [-0.2, 0) is 6.54 Å². The highest BCUT2D eigenvalue weighted by Gasteiger charge is 2.55. The molecule has 4 aliphatic carbocycles. The Morgan fingerprint density at radius 1 is 1.20 bits per heavy atom. The van der Waals surface area contributed by atoms with Crippen molar-refractivity contribution in [2.75, 3.05) is 0 Å². The topological polar surface area (TPSA) is 67.6 Å². The van der Waals surface area contributed by atoms with Gasteiger partial charge in [0, 0.05) is 12.4 Å². The molecule has 106 valence electrons. The van der Waals surface area contributed by atoms with Crippen molar-refractivity contribution < 1.29 is 0 Å². The van der Waals surface area contributed by atoms with E-state index >= 15 is 0 Å². The van der Waals surface area contributed by atoms with Gasteiger partial charge < -0.3 is 5.73 Å². The van der Waals surface area contributed by atoms with Crippen molar-refractivity contribution in [1.82, 2.24) is 9.78 Å². The summed E-state index contributed by atoms with van der Waals surface area (Å²) in [7, 11) is 0. The number of nitrogens with zero attached hydrogens (tertiary/aromatic N) is 3. The second kappa shape index (κ2) is 4.33. The number of hydrogen-bond donors (Lipinski definition) is 1. The summed E-state index contributed by atoms with van der Waals surface area (Å²) in [5.41, 5.74) is 5.84. The summed E-state index contributed by atoms with van der Waals surface area (Å²) in [6.45, 7) is 0.531. The van der Waals surface area contributed by atoms with Crippen molar-refractivity contribution in [1.29, 1.82) is 5.26 Å². The number of aromatic nitrogens is 2. The predicted molar refractivity (Wildman–Crippen MR) is 75.3 cm³/mol. The highest BCUT2D eigenvalue weighted by molar-refractivity contribution is 5.15. The van der Waals surface area contributed by atoms with Gasteiger partial charge in [0.2, 0.25) is 0 Å². The van der Waals surface area contributed by atoms with Crippen molar-refractivity contribution in [2.24, 2.45) is 35.3 Å². The van der Waals surface area contributed by atoms with Gasteiger partial charge in [0.25, 0.3) is 0 Å². The third-order valence-electron chi connectivity index (χ3n) is 6.01. The maximum Gasteiger partial charge on any atom is 0.127 e. The molecule has 4 aliphatic rings. The molecule has 4 saturated carbocycles. The minimum atomic E-state index is -0.755. The summed E-state index contributed by atoms with van der Waals surface area (Å²) in [4.78, 5) is 0. The van der Waals surface area contributed by atoms with E-state index in [1.54, 1.807) is 6.20 Å². The molecule has 4 heteroatoms. The predicted octanol–water partition coefficient (Wildman–Crippen LogP) is 2.18. The van der Waals surface area contributed by atoms with Gasteiger partial charge in [0.05, 0.1) is 12.6 Å². The normalized spacial score (nSPS) is 41.3. The van der Waals surface area contributed by atoms with Crippen LogP contribution in [0.4, 0.5) is 0 Å². The zero-order chi connectivity index (χ0) is 13.7.